The SMILES string of the molecule is Nc1n[nH]c(C(=O)N(CC(=O)O)C2CCS(=O)(=O)C2)n1. The van der Waals surface area contributed by atoms with Gasteiger partial charge in [0.1, 0.15) is 6.54 Å². The van der Waals surface area contributed by atoms with Crippen LogP contribution in [0.3, 0.4) is 0 Å². The maximum atomic E-state index is 12.2. The third-order valence-electron chi connectivity index (χ3n) is 2.92. The molecule has 10 nitrogen and oxygen atoms in total. The number of hydrogen-bond donors (Lipinski definition) is 3. The van der Waals surface area contributed by atoms with Crippen LogP contribution in [0.2, 0.25) is 0 Å². The van der Waals surface area contributed by atoms with Crippen molar-refractivity contribution in [2.75, 3.05) is 23.8 Å². The molecule has 1 aromatic heterocycles. The van der Waals surface area contributed by atoms with Crippen LogP contribution in [0.25, 0.3) is 0 Å². The van der Waals surface area contributed by atoms with E-state index in [0.29, 0.717) is 0 Å². The van der Waals surface area contributed by atoms with E-state index in [0.717, 1.165) is 4.90 Å². The van der Waals surface area contributed by atoms with Gasteiger partial charge in [-0.2, -0.15) is 4.98 Å². The van der Waals surface area contributed by atoms with E-state index in [1.165, 1.54) is 0 Å². The number of amides is 1. The first-order chi connectivity index (χ1) is 9.28. The summed E-state index contributed by atoms with van der Waals surface area (Å²) in [4.78, 5) is 27.6. The number of carbonyl (C=O) groups is 2. The predicted molar refractivity (Wildman–Crippen MR) is 66.5 cm³/mol. The van der Waals surface area contributed by atoms with Crippen LogP contribution in [0, 0.1) is 0 Å². The summed E-state index contributed by atoms with van der Waals surface area (Å²) in [5, 5.41) is 14.6. The molecular formula is C9H13N5O5S. The van der Waals surface area contributed by atoms with E-state index in [-0.39, 0.29) is 29.7 Å². The number of anilines is 1. The lowest BCUT2D eigenvalue weighted by Gasteiger charge is -2.25. The van der Waals surface area contributed by atoms with Crippen molar-refractivity contribution in [1.82, 2.24) is 20.1 Å². The Kier molecular flexibility index (Phi) is 3.61. The number of hydrogen-bond acceptors (Lipinski definition) is 7. The van der Waals surface area contributed by atoms with Crippen molar-refractivity contribution in [1.29, 1.82) is 0 Å². The average Bonchev–Trinajstić information content (AvgIpc) is 2.91. The van der Waals surface area contributed by atoms with Gasteiger partial charge in [-0.1, -0.05) is 0 Å². The molecule has 1 aliphatic heterocycles. The second kappa shape index (κ2) is 5.07. The minimum atomic E-state index is -3.24. The van der Waals surface area contributed by atoms with Crippen LogP contribution in [0.15, 0.2) is 0 Å². The Labute approximate surface area is 113 Å². The molecule has 2 heterocycles. The van der Waals surface area contributed by atoms with Gasteiger partial charge in [0, 0.05) is 6.04 Å². The summed E-state index contributed by atoms with van der Waals surface area (Å²) in [5.74, 6) is -2.67. The second-order valence-corrected chi connectivity index (χ2v) is 6.65. The molecule has 1 aromatic rings. The summed E-state index contributed by atoms with van der Waals surface area (Å²) in [6, 6.07) is -0.685. The molecule has 1 fully saturated rings. The van der Waals surface area contributed by atoms with Gasteiger partial charge in [0.2, 0.25) is 11.8 Å². The first kappa shape index (κ1) is 14.2. The first-order valence-corrected chi connectivity index (χ1v) is 7.52. The van der Waals surface area contributed by atoms with E-state index in [9.17, 15) is 18.0 Å². The van der Waals surface area contributed by atoms with Gasteiger partial charge in [-0.3, -0.25) is 14.7 Å². The van der Waals surface area contributed by atoms with Crippen molar-refractivity contribution in [2.24, 2.45) is 0 Å². The van der Waals surface area contributed by atoms with Crippen LogP contribution >= 0.6 is 0 Å². The first-order valence-electron chi connectivity index (χ1n) is 5.69. The van der Waals surface area contributed by atoms with Gasteiger partial charge < -0.3 is 15.7 Å². The number of carboxylic acid groups (broad SMARTS) is 1. The second-order valence-electron chi connectivity index (χ2n) is 4.43. The number of carboxylic acids is 1. The van der Waals surface area contributed by atoms with Crippen molar-refractivity contribution < 1.29 is 23.1 Å². The average molecular weight is 303 g/mol. The number of nitrogens with zero attached hydrogens (tertiary/aromatic N) is 3. The quantitative estimate of drug-likeness (QED) is 0.581. The number of carbonyl (C=O) groups excluding carboxylic acids is 1. The standard InChI is InChI=1S/C9H13N5O5S/c10-9-11-7(12-13-9)8(17)14(3-6(15)16)5-1-2-20(18,19)4-5/h5H,1-4H2,(H,15,16)(H3,10,11,12,13). The van der Waals surface area contributed by atoms with Gasteiger partial charge in [-0.15, -0.1) is 5.10 Å². The molecule has 0 bridgehead atoms. The topological polar surface area (TPSA) is 159 Å². The van der Waals surface area contributed by atoms with Crippen molar-refractivity contribution in [2.45, 2.75) is 12.5 Å². The number of aromatic amines is 1. The Morgan fingerprint density at radius 1 is 1.50 bits per heavy atom. The van der Waals surface area contributed by atoms with Gasteiger partial charge in [0.25, 0.3) is 5.91 Å². The van der Waals surface area contributed by atoms with Gasteiger partial charge in [0.05, 0.1) is 11.5 Å². The van der Waals surface area contributed by atoms with Gasteiger partial charge in [0.15, 0.2) is 9.84 Å². The number of nitrogens with one attached hydrogen (secondary N) is 1. The summed E-state index contributed by atoms with van der Waals surface area (Å²) in [6.07, 6.45) is 0.199. The number of H-pyrrole nitrogens is 1. The molecule has 11 heteroatoms. The monoisotopic (exact) mass is 303 g/mol. The van der Waals surface area contributed by atoms with E-state index < -0.39 is 34.3 Å². The largest absolute Gasteiger partial charge is 0.480 e. The third kappa shape index (κ3) is 3.04. The fourth-order valence-corrected chi connectivity index (χ4v) is 3.77. The molecule has 0 aliphatic carbocycles. The molecule has 2 rings (SSSR count). The summed E-state index contributed by atoms with van der Waals surface area (Å²) >= 11 is 0. The highest BCUT2D eigenvalue weighted by Gasteiger charge is 2.36. The predicted octanol–water partition coefficient (Wildman–Crippen LogP) is -1.90. The number of sulfone groups is 1. The van der Waals surface area contributed by atoms with Crippen molar-refractivity contribution in [3.8, 4) is 0 Å². The fourth-order valence-electron chi connectivity index (χ4n) is 2.04. The highest BCUT2D eigenvalue weighted by Crippen LogP contribution is 2.19. The van der Waals surface area contributed by atoms with Crippen LogP contribution in [-0.4, -0.2) is 69.6 Å². The van der Waals surface area contributed by atoms with Crippen LogP contribution in [-0.2, 0) is 14.6 Å². The van der Waals surface area contributed by atoms with Gasteiger partial charge >= 0.3 is 5.97 Å². The molecule has 1 atom stereocenters. The fraction of sp³-hybridized carbons (Fsp3) is 0.556. The molecule has 1 saturated heterocycles. The van der Waals surface area contributed by atoms with E-state index in [4.69, 9.17) is 10.8 Å². The van der Waals surface area contributed by atoms with Gasteiger partial charge in [-0.05, 0) is 6.42 Å². The number of aliphatic carboxylic acids is 1. The Hall–Kier alpha value is -2.17. The minimum Gasteiger partial charge on any atom is -0.480 e. The molecular weight excluding hydrogens is 290 g/mol. The van der Waals surface area contributed by atoms with Crippen LogP contribution in [0.1, 0.15) is 17.0 Å². The Bertz CT molecular complexity index is 639. The lowest BCUT2D eigenvalue weighted by Crippen LogP contribution is -2.44. The number of nitrogen functional groups attached to an aromatic ring is 1. The van der Waals surface area contributed by atoms with E-state index in [1.807, 2.05) is 0 Å². The lowest BCUT2D eigenvalue weighted by atomic mass is 10.2. The van der Waals surface area contributed by atoms with Crippen LogP contribution < -0.4 is 5.73 Å². The molecule has 110 valence electrons. The summed E-state index contributed by atoms with van der Waals surface area (Å²) in [7, 11) is -3.24. The lowest BCUT2D eigenvalue weighted by molar-refractivity contribution is -0.138. The Morgan fingerprint density at radius 2 is 2.20 bits per heavy atom. The molecule has 4 N–H and O–H groups in total. The van der Waals surface area contributed by atoms with Crippen molar-refractivity contribution in [3.05, 3.63) is 5.82 Å². The zero-order chi connectivity index (χ0) is 14.9. The molecule has 1 unspecified atom stereocenters. The van der Waals surface area contributed by atoms with Crippen LogP contribution in [0.5, 0.6) is 0 Å². The number of nitrogens with two attached hydrogens (primary N) is 1. The molecule has 20 heavy (non-hydrogen) atoms. The molecule has 0 radical (unpaired) electrons. The van der Waals surface area contributed by atoms with E-state index >= 15 is 0 Å². The summed E-state index contributed by atoms with van der Waals surface area (Å²) in [6.45, 7) is -0.611. The molecule has 0 saturated carbocycles. The molecule has 1 amide bonds. The van der Waals surface area contributed by atoms with Crippen molar-refractivity contribution in [3.63, 3.8) is 0 Å². The summed E-state index contributed by atoms with van der Waals surface area (Å²) in [5.41, 5.74) is 5.28. The number of rotatable bonds is 4. The highest BCUT2D eigenvalue weighted by molar-refractivity contribution is 7.91. The van der Waals surface area contributed by atoms with E-state index in [2.05, 4.69) is 15.2 Å². The maximum absolute atomic E-state index is 12.2. The minimum absolute atomic E-state index is 0.0698. The Balaban J connectivity index is 2.24. The zero-order valence-corrected chi connectivity index (χ0v) is 11.1. The van der Waals surface area contributed by atoms with Gasteiger partial charge in [-0.25, -0.2) is 8.42 Å². The van der Waals surface area contributed by atoms with Crippen molar-refractivity contribution >= 4 is 27.7 Å². The van der Waals surface area contributed by atoms with Crippen LogP contribution in [0.4, 0.5) is 5.95 Å². The zero-order valence-electron chi connectivity index (χ0n) is 10.3. The third-order valence-corrected chi connectivity index (χ3v) is 4.67. The maximum Gasteiger partial charge on any atom is 0.323 e. The molecule has 0 aromatic carbocycles. The molecule has 0 spiro atoms. The van der Waals surface area contributed by atoms with E-state index in [1.54, 1.807) is 0 Å². The normalized spacial score (nSPS) is 20.7. The Morgan fingerprint density at radius 3 is 2.65 bits per heavy atom. The molecule has 1 aliphatic rings. The highest BCUT2D eigenvalue weighted by atomic mass is 32.2. The smallest absolute Gasteiger partial charge is 0.323 e. The summed E-state index contributed by atoms with van der Waals surface area (Å²) < 4.78 is 22.9. The number of aromatic nitrogens is 3.